The Bertz CT molecular complexity index is 170. The molecule has 0 bridgehead atoms. The molecule has 1 rings (SSSR count). The van der Waals surface area contributed by atoms with Gasteiger partial charge in [0, 0.05) is 0 Å². The SMILES string of the molecule is CCC1CC(C=O)=CC(C)C1. The van der Waals surface area contributed by atoms with Gasteiger partial charge in [-0.05, 0) is 30.3 Å². The van der Waals surface area contributed by atoms with Crippen molar-refractivity contribution in [1.29, 1.82) is 0 Å². The van der Waals surface area contributed by atoms with Gasteiger partial charge in [0.25, 0.3) is 0 Å². The van der Waals surface area contributed by atoms with E-state index in [-0.39, 0.29) is 0 Å². The van der Waals surface area contributed by atoms with E-state index in [0.717, 1.165) is 24.2 Å². The molecule has 1 nitrogen and oxygen atoms in total. The topological polar surface area (TPSA) is 17.1 Å². The van der Waals surface area contributed by atoms with E-state index in [1.165, 1.54) is 12.8 Å². The van der Waals surface area contributed by atoms with Crippen LogP contribution in [0.15, 0.2) is 11.6 Å². The average Bonchev–Trinajstić information content (AvgIpc) is 2.03. The van der Waals surface area contributed by atoms with Crippen molar-refractivity contribution < 1.29 is 4.79 Å². The van der Waals surface area contributed by atoms with Gasteiger partial charge in [0.15, 0.2) is 0 Å². The van der Waals surface area contributed by atoms with Gasteiger partial charge in [-0.3, -0.25) is 4.79 Å². The minimum absolute atomic E-state index is 0.605. The molecule has 62 valence electrons. The summed E-state index contributed by atoms with van der Waals surface area (Å²) in [4.78, 5) is 10.5. The molecule has 1 heteroatoms. The highest BCUT2D eigenvalue weighted by Gasteiger charge is 2.17. The highest BCUT2D eigenvalue weighted by Crippen LogP contribution is 2.28. The normalized spacial score (nSPS) is 31.3. The molecule has 1 aliphatic carbocycles. The Hall–Kier alpha value is -0.590. The lowest BCUT2D eigenvalue weighted by Gasteiger charge is -2.23. The van der Waals surface area contributed by atoms with Crippen LogP contribution >= 0.6 is 0 Å². The second-order valence-electron chi connectivity index (χ2n) is 3.55. The van der Waals surface area contributed by atoms with Gasteiger partial charge in [-0.1, -0.05) is 26.3 Å². The summed E-state index contributed by atoms with van der Waals surface area (Å²) in [6, 6.07) is 0. The lowest BCUT2D eigenvalue weighted by Crippen LogP contribution is -2.12. The molecular formula is C10H16O. The van der Waals surface area contributed by atoms with Crippen LogP contribution in [0.3, 0.4) is 0 Å². The van der Waals surface area contributed by atoms with Gasteiger partial charge >= 0.3 is 0 Å². The zero-order valence-electron chi connectivity index (χ0n) is 7.34. The maximum Gasteiger partial charge on any atom is 0.145 e. The van der Waals surface area contributed by atoms with Crippen molar-refractivity contribution in [2.75, 3.05) is 0 Å². The average molecular weight is 152 g/mol. The maximum absolute atomic E-state index is 10.5. The van der Waals surface area contributed by atoms with E-state index in [4.69, 9.17) is 0 Å². The van der Waals surface area contributed by atoms with E-state index in [0.29, 0.717) is 5.92 Å². The summed E-state index contributed by atoms with van der Waals surface area (Å²) < 4.78 is 0. The predicted molar refractivity (Wildman–Crippen MR) is 46.3 cm³/mol. The highest BCUT2D eigenvalue weighted by atomic mass is 16.1. The summed E-state index contributed by atoms with van der Waals surface area (Å²) >= 11 is 0. The van der Waals surface area contributed by atoms with E-state index in [2.05, 4.69) is 19.9 Å². The summed E-state index contributed by atoms with van der Waals surface area (Å²) in [6.45, 7) is 4.39. The molecule has 2 atom stereocenters. The Labute approximate surface area is 68.5 Å². The van der Waals surface area contributed by atoms with Crippen LogP contribution in [0.1, 0.15) is 33.1 Å². The standard InChI is InChI=1S/C10H16O/c1-3-9-4-8(2)5-10(6-9)7-11/h5,7-9H,3-4,6H2,1-2H3. The van der Waals surface area contributed by atoms with Crippen molar-refractivity contribution in [3.05, 3.63) is 11.6 Å². The van der Waals surface area contributed by atoms with Crippen LogP contribution in [0.5, 0.6) is 0 Å². The molecule has 11 heavy (non-hydrogen) atoms. The summed E-state index contributed by atoms with van der Waals surface area (Å²) in [5, 5.41) is 0. The molecule has 0 aliphatic heterocycles. The third-order valence-corrected chi connectivity index (χ3v) is 2.46. The minimum atomic E-state index is 0.605. The Morgan fingerprint density at radius 3 is 3.00 bits per heavy atom. The fourth-order valence-electron chi connectivity index (χ4n) is 1.84. The fourth-order valence-corrected chi connectivity index (χ4v) is 1.84. The number of aldehydes is 1. The van der Waals surface area contributed by atoms with Gasteiger partial charge in [0.2, 0.25) is 0 Å². The second-order valence-corrected chi connectivity index (χ2v) is 3.55. The molecule has 0 N–H and O–H groups in total. The van der Waals surface area contributed by atoms with Crippen molar-refractivity contribution >= 4 is 6.29 Å². The lowest BCUT2D eigenvalue weighted by molar-refractivity contribution is -0.105. The largest absolute Gasteiger partial charge is 0.298 e. The Morgan fingerprint density at radius 1 is 1.73 bits per heavy atom. The highest BCUT2D eigenvalue weighted by molar-refractivity contribution is 5.73. The first-order chi connectivity index (χ1) is 5.26. The van der Waals surface area contributed by atoms with Gasteiger partial charge < -0.3 is 0 Å². The summed E-state index contributed by atoms with van der Waals surface area (Å²) in [5.74, 6) is 1.35. The molecular weight excluding hydrogens is 136 g/mol. The van der Waals surface area contributed by atoms with E-state index in [9.17, 15) is 4.79 Å². The molecule has 0 aromatic carbocycles. The number of carbonyl (C=O) groups is 1. The van der Waals surface area contributed by atoms with Crippen molar-refractivity contribution in [3.63, 3.8) is 0 Å². The lowest BCUT2D eigenvalue weighted by atomic mass is 9.82. The minimum Gasteiger partial charge on any atom is -0.298 e. The maximum atomic E-state index is 10.5. The number of rotatable bonds is 2. The molecule has 0 fully saturated rings. The summed E-state index contributed by atoms with van der Waals surface area (Å²) in [5.41, 5.74) is 1.01. The number of hydrogen-bond acceptors (Lipinski definition) is 1. The quantitative estimate of drug-likeness (QED) is 0.556. The van der Waals surface area contributed by atoms with E-state index < -0.39 is 0 Å². The van der Waals surface area contributed by atoms with Crippen molar-refractivity contribution in [1.82, 2.24) is 0 Å². The number of carbonyl (C=O) groups excluding carboxylic acids is 1. The van der Waals surface area contributed by atoms with Crippen LogP contribution in [0, 0.1) is 11.8 Å². The molecule has 0 saturated carbocycles. The van der Waals surface area contributed by atoms with Gasteiger partial charge in [-0.15, -0.1) is 0 Å². The molecule has 0 amide bonds. The monoisotopic (exact) mass is 152 g/mol. The molecule has 1 aliphatic rings. The van der Waals surface area contributed by atoms with Crippen molar-refractivity contribution in [2.45, 2.75) is 33.1 Å². The molecule has 0 radical (unpaired) electrons. The molecule has 0 aromatic heterocycles. The Morgan fingerprint density at radius 2 is 2.45 bits per heavy atom. The van der Waals surface area contributed by atoms with Crippen molar-refractivity contribution in [2.24, 2.45) is 11.8 Å². The third kappa shape index (κ3) is 2.18. The predicted octanol–water partition coefficient (Wildman–Crippen LogP) is 2.57. The van der Waals surface area contributed by atoms with E-state index in [1.807, 2.05) is 0 Å². The number of hydrogen-bond donors (Lipinski definition) is 0. The van der Waals surface area contributed by atoms with Gasteiger partial charge in [0.05, 0.1) is 0 Å². The first kappa shape index (κ1) is 8.51. The first-order valence-electron chi connectivity index (χ1n) is 4.42. The molecule has 0 heterocycles. The van der Waals surface area contributed by atoms with E-state index >= 15 is 0 Å². The smallest absolute Gasteiger partial charge is 0.145 e. The zero-order valence-corrected chi connectivity index (χ0v) is 7.34. The van der Waals surface area contributed by atoms with Gasteiger partial charge in [0.1, 0.15) is 6.29 Å². The molecule has 0 saturated heterocycles. The summed E-state index contributed by atoms with van der Waals surface area (Å²) in [7, 11) is 0. The Balaban J connectivity index is 2.61. The summed E-state index contributed by atoms with van der Waals surface area (Å²) in [6.07, 6.45) is 6.59. The molecule has 2 unspecified atom stereocenters. The molecule has 0 spiro atoms. The number of allylic oxidation sites excluding steroid dienone is 2. The van der Waals surface area contributed by atoms with Crippen LogP contribution in [0.4, 0.5) is 0 Å². The molecule has 0 aromatic rings. The van der Waals surface area contributed by atoms with Crippen LogP contribution < -0.4 is 0 Å². The third-order valence-electron chi connectivity index (χ3n) is 2.46. The first-order valence-corrected chi connectivity index (χ1v) is 4.42. The second kappa shape index (κ2) is 3.70. The van der Waals surface area contributed by atoms with Crippen LogP contribution in [0.2, 0.25) is 0 Å². The Kier molecular flexibility index (Phi) is 2.86. The van der Waals surface area contributed by atoms with Gasteiger partial charge in [-0.25, -0.2) is 0 Å². The van der Waals surface area contributed by atoms with E-state index in [1.54, 1.807) is 0 Å². The van der Waals surface area contributed by atoms with Crippen molar-refractivity contribution in [3.8, 4) is 0 Å². The fraction of sp³-hybridized carbons (Fsp3) is 0.700. The zero-order chi connectivity index (χ0) is 8.27. The van der Waals surface area contributed by atoms with Gasteiger partial charge in [-0.2, -0.15) is 0 Å². The van der Waals surface area contributed by atoms with Crippen LogP contribution in [-0.4, -0.2) is 6.29 Å². The van der Waals surface area contributed by atoms with Crippen LogP contribution in [-0.2, 0) is 4.79 Å². The van der Waals surface area contributed by atoms with Crippen LogP contribution in [0.25, 0.3) is 0 Å².